The first-order valence-electron chi connectivity index (χ1n) is 4.28. The molecule has 10 heavy (non-hydrogen) atoms. The van der Waals surface area contributed by atoms with Crippen molar-refractivity contribution in [2.24, 2.45) is 11.3 Å². The fourth-order valence-corrected chi connectivity index (χ4v) is 4.12. The number of thioether (sulfide) groups is 1. The van der Waals surface area contributed by atoms with Crippen molar-refractivity contribution in [1.29, 1.82) is 0 Å². The molecule has 0 aromatic carbocycles. The van der Waals surface area contributed by atoms with Crippen molar-refractivity contribution in [2.45, 2.75) is 44.1 Å². The average Bonchev–Trinajstić information content (AvgIpc) is 2.36. The molecule has 1 aliphatic carbocycles. The zero-order chi connectivity index (χ0) is 7.35. The maximum Gasteiger partial charge on any atom is 0.0138 e. The fraction of sp³-hybridized carbons (Fsp3) is 1.00. The second kappa shape index (κ2) is 1.94. The van der Waals surface area contributed by atoms with Crippen LogP contribution < -0.4 is 0 Å². The summed E-state index contributed by atoms with van der Waals surface area (Å²) in [6.45, 7) is 7.22. The molecule has 3 unspecified atom stereocenters. The van der Waals surface area contributed by atoms with E-state index >= 15 is 0 Å². The first kappa shape index (κ1) is 7.02. The molecule has 2 rings (SSSR count). The van der Waals surface area contributed by atoms with Crippen LogP contribution in [0.25, 0.3) is 0 Å². The van der Waals surface area contributed by atoms with E-state index in [2.05, 4.69) is 32.5 Å². The molecular weight excluding hydrogens is 140 g/mol. The second-order valence-corrected chi connectivity index (χ2v) is 5.96. The predicted octanol–water partition coefficient (Wildman–Crippen LogP) is 2.93. The van der Waals surface area contributed by atoms with Gasteiger partial charge in [-0.1, -0.05) is 20.8 Å². The summed E-state index contributed by atoms with van der Waals surface area (Å²) in [6.07, 6.45) is 2.95. The van der Waals surface area contributed by atoms with Crippen LogP contribution in [0.4, 0.5) is 0 Å². The summed E-state index contributed by atoms with van der Waals surface area (Å²) in [5, 5.41) is 1.94. The van der Waals surface area contributed by atoms with Crippen molar-refractivity contribution < 1.29 is 0 Å². The highest BCUT2D eigenvalue weighted by atomic mass is 32.2. The highest BCUT2D eigenvalue weighted by Gasteiger charge is 2.59. The quantitative estimate of drug-likeness (QED) is 0.519. The third-order valence-electron chi connectivity index (χ3n) is 3.21. The Balaban J connectivity index is 2.04. The first-order chi connectivity index (χ1) is 4.62. The Kier molecular flexibility index (Phi) is 1.36. The normalized spacial score (nSPS) is 50.1. The molecule has 0 nitrogen and oxygen atoms in total. The predicted molar refractivity (Wildman–Crippen MR) is 47.3 cm³/mol. The summed E-state index contributed by atoms with van der Waals surface area (Å²) in [5.74, 6) is 1.06. The smallest absolute Gasteiger partial charge is 0.0138 e. The van der Waals surface area contributed by atoms with Gasteiger partial charge in [-0.25, -0.2) is 0 Å². The van der Waals surface area contributed by atoms with Crippen LogP contribution in [-0.2, 0) is 0 Å². The van der Waals surface area contributed by atoms with Crippen molar-refractivity contribution in [3.05, 3.63) is 0 Å². The number of hydrogen-bond donors (Lipinski definition) is 0. The molecule has 2 aliphatic rings. The minimum Gasteiger partial charge on any atom is -0.155 e. The van der Waals surface area contributed by atoms with Gasteiger partial charge < -0.3 is 0 Å². The summed E-state index contributed by atoms with van der Waals surface area (Å²) in [6, 6.07) is 0. The Hall–Kier alpha value is 0.350. The van der Waals surface area contributed by atoms with Crippen LogP contribution in [0.3, 0.4) is 0 Å². The van der Waals surface area contributed by atoms with Crippen molar-refractivity contribution in [3.63, 3.8) is 0 Å². The topological polar surface area (TPSA) is 0 Å². The maximum absolute atomic E-state index is 2.42. The van der Waals surface area contributed by atoms with E-state index in [0.29, 0.717) is 5.41 Å². The number of fused-ring (bicyclic) bond motifs is 1. The molecule has 0 amide bonds. The van der Waals surface area contributed by atoms with Gasteiger partial charge in [-0.15, -0.1) is 0 Å². The van der Waals surface area contributed by atoms with Crippen LogP contribution in [-0.4, -0.2) is 10.5 Å². The molecule has 0 aromatic rings. The van der Waals surface area contributed by atoms with Crippen LogP contribution in [0, 0.1) is 11.3 Å². The van der Waals surface area contributed by atoms with Crippen LogP contribution in [0.2, 0.25) is 0 Å². The molecule has 1 heterocycles. The van der Waals surface area contributed by atoms with Gasteiger partial charge in [-0.3, -0.25) is 0 Å². The average molecular weight is 156 g/mol. The molecule has 1 saturated carbocycles. The largest absolute Gasteiger partial charge is 0.155 e. The summed E-state index contributed by atoms with van der Waals surface area (Å²) >= 11 is 2.22. The first-order valence-corrected chi connectivity index (χ1v) is 5.22. The number of rotatable bonds is 0. The molecule has 0 bridgehead atoms. The van der Waals surface area contributed by atoms with Crippen LogP contribution in [0.5, 0.6) is 0 Å². The Morgan fingerprint density at radius 2 is 2.00 bits per heavy atom. The standard InChI is InChI=1S/C9H16S/c1-6-4-5-7-8(10-6)9(7,2)3/h6-8H,4-5H2,1-3H3. The van der Waals surface area contributed by atoms with Gasteiger partial charge in [0, 0.05) is 10.5 Å². The molecule has 0 spiro atoms. The highest BCUT2D eigenvalue weighted by Crippen LogP contribution is 2.64. The second-order valence-electron chi connectivity index (χ2n) is 4.37. The number of hydrogen-bond acceptors (Lipinski definition) is 1. The molecular formula is C9H16S. The minimum atomic E-state index is 0.690. The van der Waals surface area contributed by atoms with Crippen LogP contribution >= 0.6 is 11.8 Å². The fourth-order valence-electron chi connectivity index (χ4n) is 2.22. The van der Waals surface area contributed by atoms with E-state index in [4.69, 9.17) is 0 Å². The van der Waals surface area contributed by atoms with E-state index in [0.717, 1.165) is 16.4 Å². The third-order valence-corrected chi connectivity index (χ3v) is 5.14. The molecule has 1 saturated heterocycles. The van der Waals surface area contributed by atoms with E-state index in [1.165, 1.54) is 12.8 Å². The van der Waals surface area contributed by atoms with Crippen molar-refractivity contribution in [1.82, 2.24) is 0 Å². The maximum atomic E-state index is 2.42. The van der Waals surface area contributed by atoms with Gasteiger partial charge in [-0.2, -0.15) is 11.8 Å². The molecule has 58 valence electrons. The van der Waals surface area contributed by atoms with E-state index in [1.807, 2.05) is 0 Å². The summed E-state index contributed by atoms with van der Waals surface area (Å²) < 4.78 is 0. The lowest BCUT2D eigenvalue weighted by Crippen LogP contribution is -2.05. The molecule has 1 heteroatoms. The van der Waals surface area contributed by atoms with Gasteiger partial charge in [-0.05, 0) is 24.2 Å². The minimum absolute atomic E-state index is 0.690. The van der Waals surface area contributed by atoms with Crippen molar-refractivity contribution in [2.75, 3.05) is 0 Å². The van der Waals surface area contributed by atoms with E-state index in [-0.39, 0.29) is 0 Å². The Labute approximate surface area is 67.8 Å². The Morgan fingerprint density at radius 1 is 1.30 bits per heavy atom. The van der Waals surface area contributed by atoms with E-state index in [9.17, 15) is 0 Å². The summed E-state index contributed by atoms with van der Waals surface area (Å²) in [5.41, 5.74) is 0.690. The molecule has 0 aromatic heterocycles. The van der Waals surface area contributed by atoms with Gasteiger partial charge in [0.1, 0.15) is 0 Å². The SMILES string of the molecule is CC1CCC2C(S1)C2(C)C. The van der Waals surface area contributed by atoms with Crippen LogP contribution in [0.1, 0.15) is 33.6 Å². The Bertz CT molecular complexity index is 151. The van der Waals surface area contributed by atoms with Crippen molar-refractivity contribution >= 4 is 11.8 Å². The van der Waals surface area contributed by atoms with E-state index in [1.54, 1.807) is 0 Å². The molecule has 2 fully saturated rings. The van der Waals surface area contributed by atoms with Gasteiger partial charge in [0.25, 0.3) is 0 Å². The van der Waals surface area contributed by atoms with Crippen LogP contribution in [0.15, 0.2) is 0 Å². The molecule has 1 aliphatic heterocycles. The molecule has 0 N–H and O–H groups in total. The summed E-state index contributed by atoms with van der Waals surface area (Å²) in [7, 11) is 0. The van der Waals surface area contributed by atoms with Gasteiger partial charge >= 0.3 is 0 Å². The third kappa shape index (κ3) is 0.827. The lowest BCUT2D eigenvalue weighted by atomic mass is 10.1. The zero-order valence-corrected chi connectivity index (χ0v) is 7.87. The lowest BCUT2D eigenvalue weighted by Gasteiger charge is -2.14. The van der Waals surface area contributed by atoms with Crippen molar-refractivity contribution in [3.8, 4) is 0 Å². The molecule has 0 radical (unpaired) electrons. The monoisotopic (exact) mass is 156 g/mol. The Morgan fingerprint density at radius 3 is 2.50 bits per heavy atom. The van der Waals surface area contributed by atoms with Gasteiger partial charge in [0.05, 0.1) is 0 Å². The lowest BCUT2D eigenvalue weighted by molar-refractivity contribution is 0.520. The highest BCUT2D eigenvalue weighted by molar-refractivity contribution is 8.00. The van der Waals surface area contributed by atoms with Gasteiger partial charge in [0.15, 0.2) is 0 Å². The van der Waals surface area contributed by atoms with E-state index < -0.39 is 0 Å². The zero-order valence-electron chi connectivity index (χ0n) is 7.05. The summed E-state index contributed by atoms with van der Waals surface area (Å²) in [4.78, 5) is 0. The molecule has 3 atom stereocenters. The van der Waals surface area contributed by atoms with Gasteiger partial charge in [0.2, 0.25) is 0 Å².